The van der Waals surface area contributed by atoms with Gasteiger partial charge in [-0.2, -0.15) is 0 Å². The number of quaternary nitrogens is 1. The topological polar surface area (TPSA) is 27.6 Å². The van der Waals surface area contributed by atoms with Crippen LogP contribution in [0.15, 0.2) is 0 Å². The van der Waals surface area contributed by atoms with Crippen LogP contribution in [0.3, 0.4) is 0 Å². The Bertz CT molecular complexity index is 258. The highest BCUT2D eigenvalue weighted by Gasteiger charge is 2.41. The molecule has 0 fully saturated rings. The number of halogens is 8. The molecule has 0 aliphatic heterocycles. The van der Waals surface area contributed by atoms with Crippen LogP contribution in [0.1, 0.15) is 48.0 Å². The van der Waals surface area contributed by atoms with E-state index < -0.39 is 14.5 Å². The smallest absolute Gasteiger partial charge is 0.418 e. The van der Waals surface area contributed by atoms with Crippen LogP contribution in [-0.2, 0) is 0 Å². The second kappa shape index (κ2) is 10.7. The largest absolute Gasteiger partial charge is 0.673 e. The quantitative estimate of drug-likeness (QED) is 0.405. The third kappa shape index (κ3) is 34.3. The second-order valence-corrected chi connectivity index (χ2v) is 11.4. The molecular weight excluding hydrogens is 351 g/mol. The monoisotopic (exact) mass is 379 g/mol. The fourth-order valence-electron chi connectivity index (χ4n) is 2.18. The molecule has 0 amide bonds. The molecule has 12 heteroatoms. The Hall–Kier alpha value is -0.0401. The molecule has 3 N–H and O–H groups in total. The molecule has 0 unspecified atom stereocenters. The predicted octanol–water partition coefficient (Wildman–Crippen LogP) is 5.03. The summed E-state index contributed by atoms with van der Waals surface area (Å²) in [5.41, 5.74) is 3.94. The summed E-state index contributed by atoms with van der Waals surface area (Å²) < 4.78 is 78.0. The molecule has 0 aliphatic rings. The van der Waals surface area contributed by atoms with Crippen molar-refractivity contribution in [1.29, 1.82) is 0 Å². The molecule has 0 heterocycles. The minimum absolute atomic E-state index is 0.278. The molecule has 1 nitrogen and oxygen atoms in total. The van der Waals surface area contributed by atoms with Crippen molar-refractivity contribution >= 4 is 22.4 Å². The van der Waals surface area contributed by atoms with Crippen molar-refractivity contribution < 1.29 is 40.3 Å². The standard InChI is InChI=1S/C11H26NP.2BF4/c1-10(2,3)13(9-7-8-12)11(4,5)6;2*2-1(3,4)5/h7-9,12H2,1-6H3;;/q;2*-1/p+2. The Morgan fingerprint density at radius 2 is 0.913 bits per heavy atom. The van der Waals surface area contributed by atoms with Crippen LogP contribution in [0.5, 0.6) is 0 Å². The third-order valence-electron chi connectivity index (χ3n) is 2.49. The van der Waals surface area contributed by atoms with Gasteiger partial charge in [-0.25, -0.2) is 0 Å². The van der Waals surface area contributed by atoms with Crippen LogP contribution in [0.25, 0.3) is 0 Å². The van der Waals surface area contributed by atoms with Crippen LogP contribution < -0.4 is 5.73 Å². The first kappa shape index (κ1) is 27.8. The molecule has 0 aromatic carbocycles. The highest BCUT2D eigenvalue weighted by molar-refractivity contribution is 7.60. The molecule has 0 atom stereocenters. The lowest BCUT2D eigenvalue weighted by molar-refractivity contribution is -0.367. The summed E-state index contributed by atoms with van der Waals surface area (Å²) in [5.74, 6) is 0. The van der Waals surface area contributed by atoms with Crippen LogP contribution in [0, 0.1) is 0 Å². The van der Waals surface area contributed by atoms with Gasteiger partial charge >= 0.3 is 14.5 Å². The molecular formula is C11H28B2F8NP. The average Bonchev–Trinajstić information content (AvgIpc) is 2.07. The van der Waals surface area contributed by atoms with Crippen LogP contribution in [-0.4, -0.2) is 37.5 Å². The Labute approximate surface area is 134 Å². The van der Waals surface area contributed by atoms with E-state index in [0.717, 1.165) is 6.54 Å². The van der Waals surface area contributed by atoms with Gasteiger partial charge in [-0.05, 0) is 41.5 Å². The molecule has 0 saturated carbocycles. The van der Waals surface area contributed by atoms with Gasteiger partial charge in [-0.15, -0.1) is 0 Å². The second-order valence-electron chi connectivity index (χ2n) is 6.93. The van der Waals surface area contributed by atoms with Crippen molar-refractivity contribution in [2.45, 2.75) is 58.3 Å². The number of hydrogen-bond donors (Lipinski definition) is 1. The van der Waals surface area contributed by atoms with Crippen molar-refractivity contribution in [3.8, 4) is 0 Å². The van der Waals surface area contributed by atoms with Gasteiger partial charge in [0.05, 0.1) is 23.0 Å². The van der Waals surface area contributed by atoms with E-state index in [2.05, 4.69) is 47.3 Å². The van der Waals surface area contributed by atoms with Gasteiger partial charge in [0, 0.05) is 14.3 Å². The maximum atomic E-state index is 9.75. The zero-order valence-electron chi connectivity index (χ0n) is 14.5. The van der Waals surface area contributed by atoms with E-state index in [0.29, 0.717) is 10.3 Å². The fraction of sp³-hybridized carbons (Fsp3) is 1.00. The van der Waals surface area contributed by atoms with E-state index in [-0.39, 0.29) is 7.92 Å². The molecule has 0 rings (SSSR count). The average molecular weight is 379 g/mol. The molecule has 0 aromatic rings. The Kier molecular flexibility index (Phi) is 13.0. The van der Waals surface area contributed by atoms with E-state index in [1.54, 1.807) is 0 Å². The Morgan fingerprint density at radius 3 is 1.04 bits per heavy atom. The molecule has 0 bridgehead atoms. The van der Waals surface area contributed by atoms with Gasteiger partial charge in [-0.3, -0.25) is 0 Å². The van der Waals surface area contributed by atoms with Gasteiger partial charge in [0.2, 0.25) is 0 Å². The molecule has 23 heavy (non-hydrogen) atoms. The summed E-state index contributed by atoms with van der Waals surface area (Å²) in [5, 5.41) is 1.05. The van der Waals surface area contributed by atoms with Gasteiger partial charge < -0.3 is 40.3 Å². The van der Waals surface area contributed by atoms with Gasteiger partial charge in [-0.1, -0.05) is 0 Å². The van der Waals surface area contributed by atoms with Crippen molar-refractivity contribution in [3.63, 3.8) is 0 Å². The molecule has 0 saturated heterocycles. The maximum absolute atomic E-state index is 9.75. The normalized spacial score (nSPS) is 13.0. The summed E-state index contributed by atoms with van der Waals surface area (Å²) in [6.07, 6.45) is 2.73. The lowest BCUT2D eigenvalue weighted by Gasteiger charge is -2.33. The SMILES string of the molecule is CC(C)(C)[PH+](CCC[NH3+])C(C)(C)C.F[B-](F)(F)F.F[B-](F)(F)F. The van der Waals surface area contributed by atoms with Crippen LogP contribution in [0.4, 0.5) is 34.5 Å². The summed E-state index contributed by atoms with van der Waals surface area (Å²) in [7, 11) is -12.3. The summed E-state index contributed by atoms with van der Waals surface area (Å²) in [4.78, 5) is 0. The highest BCUT2D eigenvalue weighted by atomic mass is 31.1. The molecule has 0 radical (unpaired) electrons. The molecule has 0 spiro atoms. The van der Waals surface area contributed by atoms with Crippen molar-refractivity contribution in [3.05, 3.63) is 0 Å². The third-order valence-corrected chi connectivity index (χ3v) is 6.96. The van der Waals surface area contributed by atoms with E-state index >= 15 is 0 Å². The van der Waals surface area contributed by atoms with E-state index in [1.165, 1.54) is 12.6 Å². The minimum atomic E-state index is -6.00. The van der Waals surface area contributed by atoms with Crippen LogP contribution >= 0.6 is 7.92 Å². The molecule has 0 aromatic heterocycles. The van der Waals surface area contributed by atoms with E-state index in [4.69, 9.17) is 0 Å². The van der Waals surface area contributed by atoms with Crippen molar-refractivity contribution in [1.82, 2.24) is 0 Å². The maximum Gasteiger partial charge on any atom is 0.673 e. The predicted molar refractivity (Wildman–Crippen MR) is 85.4 cm³/mol. The number of rotatable bonds is 3. The van der Waals surface area contributed by atoms with Crippen molar-refractivity contribution in [2.75, 3.05) is 12.7 Å². The zero-order valence-corrected chi connectivity index (χ0v) is 15.5. The van der Waals surface area contributed by atoms with E-state index in [9.17, 15) is 34.5 Å². The zero-order chi connectivity index (χ0) is 19.7. The molecule has 144 valence electrons. The first-order valence-corrected chi connectivity index (χ1v) is 8.81. The summed E-state index contributed by atoms with van der Waals surface area (Å²) in [6.45, 7) is 15.5. The first-order valence-electron chi connectivity index (χ1n) is 7.10. The first-order chi connectivity index (χ1) is 9.69. The lowest BCUT2D eigenvalue weighted by Crippen LogP contribution is -2.50. The Morgan fingerprint density at radius 1 is 0.696 bits per heavy atom. The molecule has 0 aliphatic carbocycles. The minimum Gasteiger partial charge on any atom is -0.418 e. The van der Waals surface area contributed by atoms with Gasteiger partial charge in [0.1, 0.15) is 0 Å². The van der Waals surface area contributed by atoms with Crippen molar-refractivity contribution in [2.24, 2.45) is 0 Å². The van der Waals surface area contributed by atoms with Gasteiger partial charge in [0.15, 0.2) is 0 Å². The van der Waals surface area contributed by atoms with Crippen LogP contribution in [0.2, 0.25) is 0 Å². The van der Waals surface area contributed by atoms with E-state index in [1.807, 2.05) is 0 Å². The number of hydrogen-bond acceptors (Lipinski definition) is 0. The summed E-state index contributed by atoms with van der Waals surface area (Å²) in [6, 6.07) is 0. The highest BCUT2D eigenvalue weighted by Crippen LogP contribution is 2.59. The Balaban J connectivity index is -0.000000329. The summed E-state index contributed by atoms with van der Waals surface area (Å²) >= 11 is 0. The lowest BCUT2D eigenvalue weighted by atomic mass is 10.2. The van der Waals surface area contributed by atoms with Gasteiger partial charge in [0.25, 0.3) is 0 Å². The fourth-order valence-corrected chi connectivity index (χ4v) is 6.53.